The number of unbranched alkanes of at least 4 members (excludes halogenated alkanes) is 1. The molecule has 2 N–H and O–H groups in total. The maximum atomic E-state index is 8.58. The smallest absolute Gasteiger partial charge is 0.0622 e. The summed E-state index contributed by atoms with van der Waals surface area (Å²) in [5.74, 6) is 0. The Morgan fingerprint density at radius 1 is 1.35 bits per heavy atom. The number of nitriles is 1. The largest absolute Gasteiger partial charge is 0.398 e. The van der Waals surface area contributed by atoms with E-state index in [1.54, 1.807) is 0 Å². The van der Waals surface area contributed by atoms with Gasteiger partial charge in [-0.05, 0) is 37.4 Å². The van der Waals surface area contributed by atoms with Crippen LogP contribution >= 0.6 is 0 Å². The van der Waals surface area contributed by atoms with Gasteiger partial charge in [0, 0.05) is 24.7 Å². The van der Waals surface area contributed by atoms with Crippen molar-refractivity contribution in [3.8, 4) is 6.07 Å². The fourth-order valence-electron chi connectivity index (χ4n) is 2.09. The number of nitrogen functional groups attached to an aromatic ring is 1. The number of nitrogens with two attached hydrogens (primary N) is 1. The van der Waals surface area contributed by atoms with E-state index in [9.17, 15) is 0 Å². The predicted octanol–water partition coefficient (Wildman–Crippen LogP) is 2.54. The summed E-state index contributed by atoms with van der Waals surface area (Å²) in [4.78, 5) is 2.46. The van der Waals surface area contributed by atoms with Crippen LogP contribution in [0.2, 0.25) is 0 Å². The molecule has 0 aromatic heterocycles. The lowest BCUT2D eigenvalue weighted by Gasteiger charge is -2.22. The van der Waals surface area contributed by atoms with Gasteiger partial charge in [-0.2, -0.15) is 5.26 Å². The first-order valence-electron chi connectivity index (χ1n) is 6.25. The first-order valence-corrected chi connectivity index (χ1v) is 6.25. The normalized spacial score (nSPS) is 14.8. The molecular weight excluding hydrogens is 210 g/mol. The topological polar surface area (TPSA) is 53.0 Å². The van der Waals surface area contributed by atoms with Crippen molar-refractivity contribution >= 4 is 5.69 Å². The summed E-state index contributed by atoms with van der Waals surface area (Å²) in [7, 11) is 0. The number of benzene rings is 1. The van der Waals surface area contributed by atoms with E-state index in [0.29, 0.717) is 12.5 Å². The van der Waals surface area contributed by atoms with Gasteiger partial charge in [0.25, 0.3) is 0 Å². The predicted molar refractivity (Wildman–Crippen MR) is 69.1 cm³/mol. The number of nitrogens with zero attached hydrogens (tertiary/aromatic N) is 2. The van der Waals surface area contributed by atoms with Crippen molar-refractivity contribution in [3.63, 3.8) is 0 Å². The molecule has 3 heteroatoms. The van der Waals surface area contributed by atoms with Crippen molar-refractivity contribution in [2.24, 2.45) is 0 Å². The van der Waals surface area contributed by atoms with Crippen molar-refractivity contribution in [2.45, 2.75) is 38.3 Å². The van der Waals surface area contributed by atoms with Crippen molar-refractivity contribution in [1.29, 1.82) is 5.26 Å². The van der Waals surface area contributed by atoms with Gasteiger partial charge in [0.2, 0.25) is 0 Å². The monoisotopic (exact) mass is 229 g/mol. The highest BCUT2D eigenvalue weighted by Gasteiger charge is 2.28. The van der Waals surface area contributed by atoms with Gasteiger partial charge in [0.05, 0.1) is 6.07 Å². The highest BCUT2D eigenvalue weighted by Crippen LogP contribution is 2.29. The second-order valence-corrected chi connectivity index (χ2v) is 4.66. The van der Waals surface area contributed by atoms with Crippen LogP contribution < -0.4 is 5.73 Å². The van der Waals surface area contributed by atoms with Gasteiger partial charge in [0.1, 0.15) is 0 Å². The summed E-state index contributed by atoms with van der Waals surface area (Å²) in [5.41, 5.74) is 8.04. The molecular formula is C14H19N3. The minimum absolute atomic E-state index is 0.646. The molecule has 1 saturated carbocycles. The minimum atomic E-state index is 0.646. The minimum Gasteiger partial charge on any atom is -0.398 e. The zero-order valence-electron chi connectivity index (χ0n) is 10.1. The van der Waals surface area contributed by atoms with Gasteiger partial charge in [-0.3, -0.25) is 4.90 Å². The third-order valence-corrected chi connectivity index (χ3v) is 3.23. The van der Waals surface area contributed by atoms with E-state index in [1.807, 2.05) is 18.2 Å². The summed E-state index contributed by atoms with van der Waals surface area (Å²) in [6.45, 7) is 1.93. The van der Waals surface area contributed by atoms with E-state index in [0.717, 1.165) is 25.2 Å². The Morgan fingerprint density at radius 2 is 2.12 bits per heavy atom. The quantitative estimate of drug-likeness (QED) is 0.602. The fourth-order valence-corrected chi connectivity index (χ4v) is 2.09. The first kappa shape index (κ1) is 11.9. The molecule has 1 aliphatic rings. The highest BCUT2D eigenvalue weighted by molar-refractivity contribution is 5.46. The van der Waals surface area contributed by atoms with Crippen LogP contribution in [-0.4, -0.2) is 17.5 Å². The van der Waals surface area contributed by atoms with Gasteiger partial charge in [-0.1, -0.05) is 18.2 Å². The molecule has 1 aromatic rings. The van der Waals surface area contributed by atoms with Gasteiger partial charge in [-0.15, -0.1) is 0 Å². The second kappa shape index (κ2) is 5.70. The number of rotatable bonds is 6. The number of anilines is 1. The molecule has 0 amide bonds. The van der Waals surface area contributed by atoms with Crippen LogP contribution in [0.5, 0.6) is 0 Å². The van der Waals surface area contributed by atoms with Crippen LogP contribution in [0, 0.1) is 11.3 Å². The molecule has 0 heterocycles. The van der Waals surface area contributed by atoms with Gasteiger partial charge >= 0.3 is 0 Å². The summed E-state index contributed by atoms with van der Waals surface area (Å²) >= 11 is 0. The molecule has 0 spiro atoms. The summed E-state index contributed by atoms with van der Waals surface area (Å²) in [6.07, 6.45) is 4.19. The van der Waals surface area contributed by atoms with E-state index in [4.69, 9.17) is 11.0 Å². The Morgan fingerprint density at radius 3 is 2.76 bits per heavy atom. The molecule has 0 atom stereocenters. The lowest BCUT2D eigenvalue weighted by atomic mass is 10.1. The van der Waals surface area contributed by atoms with Crippen molar-refractivity contribution in [1.82, 2.24) is 4.90 Å². The standard InChI is InChI=1S/C14H19N3/c15-9-3-4-10-17(13-7-8-13)11-12-5-1-2-6-14(12)16/h1-2,5-6,13H,3-4,7-8,10-11,16H2. The van der Waals surface area contributed by atoms with E-state index in [1.165, 1.54) is 18.4 Å². The molecule has 0 unspecified atom stereocenters. The molecule has 1 fully saturated rings. The maximum absolute atomic E-state index is 8.58. The maximum Gasteiger partial charge on any atom is 0.0622 e. The Labute approximate surface area is 103 Å². The summed E-state index contributed by atoms with van der Waals surface area (Å²) in [5, 5.41) is 8.58. The zero-order chi connectivity index (χ0) is 12.1. The molecule has 0 aliphatic heterocycles. The van der Waals surface area contributed by atoms with Crippen molar-refractivity contribution in [3.05, 3.63) is 29.8 Å². The molecule has 90 valence electrons. The molecule has 0 saturated heterocycles. The molecule has 0 bridgehead atoms. The lowest BCUT2D eigenvalue weighted by molar-refractivity contribution is 0.253. The van der Waals surface area contributed by atoms with Gasteiger partial charge in [-0.25, -0.2) is 0 Å². The zero-order valence-corrected chi connectivity index (χ0v) is 10.1. The first-order chi connectivity index (χ1) is 8.31. The van der Waals surface area contributed by atoms with Crippen LogP contribution in [0.3, 0.4) is 0 Å². The molecule has 1 aliphatic carbocycles. The average Bonchev–Trinajstić information content (AvgIpc) is 3.15. The fraction of sp³-hybridized carbons (Fsp3) is 0.500. The van der Waals surface area contributed by atoms with E-state index in [2.05, 4.69) is 17.0 Å². The molecule has 2 rings (SSSR count). The molecule has 3 nitrogen and oxygen atoms in total. The third-order valence-electron chi connectivity index (χ3n) is 3.23. The second-order valence-electron chi connectivity index (χ2n) is 4.66. The highest BCUT2D eigenvalue weighted by atomic mass is 15.2. The lowest BCUT2D eigenvalue weighted by Crippen LogP contribution is -2.27. The molecule has 17 heavy (non-hydrogen) atoms. The van der Waals surface area contributed by atoms with Gasteiger partial charge in [0.15, 0.2) is 0 Å². The Balaban J connectivity index is 1.93. The van der Waals surface area contributed by atoms with E-state index in [-0.39, 0.29) is 0 Å². The third kappa shape index (κ3) is 3.47. The van der Waals surface area contributed by atoms with E-state index >= 15 is 0 Å². The average molecular weight is 229 g/mol. The molecule has 1 aromatic carbocycles. The number of hydrogen-bond donors (Lipinski definition) is 1. The Bertz CT molecular complexity index is 404. The Hall–Kier alpha value is -1.53. The SMILES string of the molecule is N#CCCCN(Cc1ccccc1N)C1CC1. The Kier molecular flexibility index (Phi) is 4.00. The van der Waals surface area contributed by atoms with Crippen LogP contribution in [0.15, 0.2) is 24.3 Å². The van der Waals surface area contributed by atoms with Gasteiger partial charge < -0.3 is 5.73 Å². The number of para-hydroxylation sites is 1. The van der Waals surface area contributed by atoms with Crippen LogP contribution in [0.4, 0.5) is 5.69 Å². The van der Waals surface area contributed by atoms with Crippen LogP contribution in [-0.2, 0) is 6.54 Å². The summed E-state index contributed by atoms with van der Waals surface area (Å²) < 4.78 is 0. The number of hydrogen-bond acceptors (Lipinski definition) is 3. The van der Waals surface area contributed by atoms with Crippen molar-refractivity contribution in [2.75, 3.05) is 12.3 Å². The van der Waals surface area contributed by atoms with Crippen LogP contribution in [0.25, 0.3) is 0 Å². The summed E-state index contributed by atoms with van der Waals surface area (Å²) in [6, 6.07) is 11.0. The molecule has 0 radical (unpaired) electrons. The van der Waals surface area contributed by atoms with Crippen LogP contribution in [0.1, 0.15) is 31.2 Å². The van der Waals surface area contributed by atoms with E-state index < -0.39 is 0 Å². The van der Waals surface area contributed by atoms with Crippen molar-refractivity contribution < 1.29 is 0 Å².